The van der Waals surface area contributed by atoms with Crippen LogP contribution in [0.2, 0.25) is 0 Å². The Morgan fingerprint density at radius 2 is 2.11 bits per heavy atom. The van der Waals surface area contributed by atoms with E-state index < -0.39 is 5.60 Å². The molecule has 0 bridgehead atoms. The Morgan fingerprint density at radius 1 is 1.44 bits per heavy atom. The van der Waals surface area contributed by atoms with Gasteiger partial charge in [-0.15, -0.1) is 6.42 Å². The molecule has 1 saturated heterocycles. The maximum absolute atomic E-state index is 6.19. The maximum Gasteiger partial charge on any atom is 0.126 e. The van der Waals surface area contributed by atoms with E-state index in [1.54, 1.807) is 0 Å². The van der Waals surface area contributed by atoms with Gasteiger partial charge in [-0.25, -0.2) is 0 Å². The molecule has 3 atom stereocenters. The first-order chi connectivity index (χ1) is 8.56. The van der Waals surface area contributed by atoms with Gasteiger partial charge in [0, 0.05) is 5.92 Å². The minimum Gasteiger partial charge on any atom is -0.354 e. The summed E-state index contributed by atoms with van der Waals surface area (Å²) in [6.45, 7) is 8.17. The predicted octanol–water partition coefficient (Wildman–Crippen LogP) is 4.12. The Labute approximate surface area is 110 Å². The quantitative estimate of drug-likeness (QED) is 0.558. The van der Waals surface area contributed by atoms with E-state index in [0.29, 0.717) is 5.92 Å². The number of ether oxygens (including phenoxy) is 1. The minimum absolute atomic E-state index is 0.0264. The summed E-state index contributed by atoms with van der Waals surface area (Å²) in [5.74, 6) is 3.14. The van der Waals surface area contributed by atoms with E-state index in [0.717, 1.165) is 12.8 Å². The number of benzene rings is 1. The zero-order chi connectivity index (χ0) is 13.2. The Kier molecular flexibility index (Phi) is 3.59. The molecule has 0 aromatic heterocycles. The third-order valence-corrected chi connectivity index (χ3v) is 3.75. The first kappa shape index (κ1) is 12.9. The second-order valence-corrected chi connectivity index (χ2v) is 5.32. The molecule has 0 unspecified atom stereocenters. The van der Waals surface area contributed by atoms with Gasteiger partial charge in [-0.2, -0.15) is 0 Å². The summed E-state index contributed by atoms with van der Waals surface area (Å²) in [6.07, 6.45) is 7.56. The van der Waals surface area contributed by atoms with Gasteiger partial charge in [-0.3, -0.25) is 0 Å². The smallest absolute Gasteiger partial charge is 0.126 e. The van der Waals surface area contributed by atoms with Crippen LogP contribution in [0.15, 0.2) is 42.5 Å². The number of hydrogen-bond acceptors (Lipinski definition) is 1. The van der Waals surface area contributed by atoms with E-state index in [1.165, 1.54) is 11.1 Å². The van der Waals surface area contributed by atoms with Crippen molar-refractivity contribution in [3.63, 3.8) is 0 Å². The van der Waals surface area contributed by atoms with Crippen LogP contribution in [0.3, 0.4) is 0 Å². The molecule has 1 fully saturated rings. The molecule has 0 saturated carbocycles. The van der Waals surface area contributed by atoms with E-state index >= 15 is 0 Å². The molecule has 0 radical (unpaired) electrons. The molecule has 1 aliphatic rings. The van der Waals surface area contributed by atoms with Gasteiger partial charge in [-0.1, -0.05) is 48.4 Å². The van der Waals surface area contributed by atoms with E-state index in [2.05, 4.69) is 31.6 Å². The summed E-state index contributed by atoms with van der Waals surface area (Å²) in [5, 5.41) is 0. The number of rotatable bonds is 2. The van der Waals surface area contributed by atoms with Gasteiger partial charge >= 0.3 is 0 Å². The highest BCUT2D eigenvalue weighted by atomic mass is 16.5. The summed E-state index contributed by atoms with van der Waals surface area (Å²) in [5.41, 5.74) is 1.90. The SMILES string of the molecule is C#C[C@]1(C)CC[C@H](C(=C)C)[C@H](c2ccccc2)O1. The largest absolute Gasteiger partial charge is 0.354 e. The van der Waals surface area contributed by atoms with Gasteiger partial charge < -0.3 is 4.74 Å². The molecule has 1 aliphatic heterocycles. The molecule has 1 nitrogen and oxygen atoms in total. The molecule has 0 aliphatic carbocycles. The first-order valence-corrected chi connectivity index (χ1v) is 6.42. The van der Waals surface area contributed by atoms with E-state index in [1.807, 2.05) is 25.1 Å². The Balaban J connectivity index is 2.32. The average Bonchev–Trinajstić information content (AvgIpc) is 2.39. The van der Waals surface area contributed by atoms with Crippen LogP contribution >= 0.6 is 0 Å². The number of terminal acetylenes is 1. The lowest BCUT2D eigenvalue weighted by molar-refractivity contribution is -0.107. The van der Waals surface area contributed by atoms with Crippen LogP contribution in [0, 0.1) is 18.3 Å². The van der Waals surface area contributed by atoms with Crippen LogP contribution in [0.1, 0.15) is 38.4 Å². The molecule has 2 rings (SSSR count). The van der Waals surface area contributed by atoms with Crippen LogP contribution in [0.25, 0.3) is 0 Å². The minimum atomic E-state index is -0.452. The average molecular weight is 240 g/mol. The van der Waals surface area contributed by atoms with Crippen LogP contribution < -0.4 is 0 Å². The van der Waals surface area contributed by atoms with Crippen molar-refractivity contribution in [1.29, 1.82) is 0 Å². The lowest BCUT2D eigenvalue weighted by Crippen LogP contribution is -2.37. The third-order valence-electron chi connectivity index (χ3n) is 3.75. The molecule has 0 N–H and O–H groups in total. The second-order valence-electron chi connectivity index (χ2n) is 5.32. The molecule has 18 heavy (non-hydrogen) atoms. The zero-order valence-electron chi connectivity index (χ0n) is 11.1. The second kappa shape index (κ2) is 5.00. The molecule has 1 heteroatoms. The van der Waals surface area contributed by atoms with Gasteiger partial charge in [0.1, 0.15) is 5.60 Å². The standard InChI is InChI=1S/C17H20O/c1-5-17(4)12-11-15(13(2)3)16(18-17)14-9-7-6-8-10-14/h1,6-10,15-16H,2,11-12H2,3-4H3/t15-,16+,17-/m1/s1. The Morgan fingerprint density at radius 3 is 2.67 bits per heavy atom. The van der Waals surface area contributed by atoms with Gasteiger partial charge in [0.25, 0.3) is 0 Å². The van der Waals surface area contributed by atoms with Crippen molar-refractivity contribution in [2.45, 2.75) is 38.4 Å². The van der Waals surface area contributed by atoms with E-state index in [4.69, 9.17) is 11.2 Å². The van der Waals surface area contributed by atoms with Crippen molar-refractivity contribution in [1.82, 2.24) is 0 Å². The first-order valence-electron chi connectivity index (χ1n) is 6.42. The summed E-state index contributed by atoms with van der Waals surface area (Å²) in [7, 11) is 0. The normalized spacial score (nSPS) is 31.6. The van der Waals surface area contributed by atoms with Crippen LogP contribution in [0.5, 0.6) is 0 Å². The summed E-state index contributed by atoms with van der Waals surface area (Å²) >= 11 is 0. The van der Waals surface area contributed by atoms with Gasteiger partial charge in [0.05, 0.1) is 6.10 Å². The fourth-order valence-electron chi connectivity index (χ4n) is 2.56. The van der Waals surface area contributed by atoms with Gasteiger partial charge in [0.2, 0.25) is 0 Å². The fraction of sp³-hybridized carbons (Fsp3) is 0.412. The molecule has 1 aromatic rings. The summed E-state index contributed by atoms with van der Waals surface area (Å²) in [4.78, 5) is 0. The van der Waals surface area contributed by atoms with E-state index in [-0.39, 0.29) is 6.10 Å². The molecule has 94 valence electrons. The van der Waals surface area contributed by atoms with Crippen molar-refractivity contribution < 1.29 is 4.74 Å². The molecule has 0 spiro atoms. The Hall–Kier alpha value is -1.52. The molecule has 1 aromatic carbocycles. The fourth-order valence-corrected chi connectivity index (χ4v) is 2.56. The lowest BCUT2D eigenvalue weighted by Gasteiger charge is -2.41. The van der Waals surface area contributed by atoms with Crippen molar-refractivity contribution in [3.8, 4) is 12.3 Å². The van der Waals surface area contributed by atoms with Crippen molar-refractivity contribution >= 4 is 0 Å². The Bertz CT molecular complexity index is 468. The topological polar surface area (TPSA) is 9.23 Å². The molecule has 1 heterocycles. The van der Waals surface area contributed by atoms with Crippen LogP contribution in [0.4, 0.5) is 0 Å². The molecule has 0 amide bonds. The highest BCUT2D eigenvalue weighted by Gasteiger charge is 2.38. The highest BCUT2D eigenvalue weighted by Crippen LogP contribution is 2.43. The number of hydrogen-bond donors (Lipinski definition) is 0. The monoisotopic (exact) mass is 240 g/mol. The van der Waals surface area contributed by atoms with Crippen molar-refractivity contribution in [3.05, 3.63) is 48.0 Å². The van der Waals surface area contributed by atoms with Gasteiger partial charge in [0.15, 0.2) is 0 Å². The highest BCUT2D eigenvalue weighted by molar-refractivity contribution is 5.23. The summed E-state index contributed by atoms with van der Waals surface area (Å²) in [6, 6.07) is 10.3. The predicted molar refractivity (Wildman–Crippen MR) is 75.0 cm³/mol. The summed E-state index contributed by atoms with van der Waals surface area (Å²) < 4.78 is 6.19. The van der Waals surface area contributed by atoms with Crippen LogP contribution in [-0.2, 0) is 4.74 Å². The lowest BCUT2D eigenvalue weighted by atomic mass is 9.80. The third kappa shape index (κ3) is 2.49. The van der Waals surface area contributed by atoms with Crippen LogP contribution in [-0.4, -0.2) is 5.60 Å². The molecular weight excluding hydrogens is 220 g/mol. The van der Waals surface area contributed by atoms with Crippen molar-refractivity contribution in [2.75, 3.05) is 0 Å². The maximum atomic E-state index is 6.19. The van der Waals surface area contributed by atoms with Gasteiger partial charge in [-0.05, 0) is 32.3 Å². The molecular formula is C17H20O. The van der Waals surface area contributed by atoms with E-state index in [9.17, 15) is 0 Å². The van der Waals surface area contributed by atoms with Crippen molar-refractivity contribution in [2.24, 2.45) is 5.92 Å². The zero-order valence-corrected chi connectivity index (χ0v) is 11.1.